The van der Waals surface area contributed by atoms with Gasteiger partial charge in [-0.1, -0.05) is 32.0 Å². The van der Waals surface area contributed by atoms with E-state index in [2.05, 4.69) is 0 Å². The molecule has 0 spiro atoms. The molecule has 0 saturated carbocycles. The highest BCUT2D eigenvalue weighted by Crippen LogP contribution is 2.34. The van der Waals surface area contributed by atoms with Gasteiger partial charge >= 0.3 is 5.97 Å². The summed E-state index contributed by atoms with van der Waals surface area (Å²) in [6, 6.07) is 7.53. The lowest BCUT2D eigenvalue weighted by molar-refractivity contribution is -0.138. The van der Waals surface area contributed by atoms with Gasteiger partial charge in [-0.15, -0.1) is 0 Å². The first-order chi connectivity index (χ1) is 8.47. The molecule has 1 aromatic rings. The van der Waals surface area contributed by atoms with Gasteiger partial charge in [-0.3, -0.25) is 4.79 Å². The van der Waals surface area contributed by atoms with Crippen molar-refractivity contribution in [2.24, 2.45) is 0 Å². The first-order valence-electron chi connectivity index (χ1n) is 5.90. The van der Waals surface area contributed by atoms with Crippen LogP contribution in [-0.4, -0.2) is 31.4 Å². The van der Waals surface area contributed by atoms with Crippen LogP contribution >= 0.6 is 0 Å². The number of ether oxygens (including phenoxy) is 2. The third-order valence-corrected chi connectivity index (χ3v) is 2.75. The highest BCUT2D eigenvalue weighted by molar-refractivity contribution is 5.69. The molecule has 1 aromatic carbocycles. The van der Waals surface area contributed by atoms with Crippen molar-refractivity contribution in [3.8, 4) is 5.75 Å². The summed E-state index contributed by atoms with van der Waals surface area (Å²) in [4.78, 5) is 10.9. The number of hydrogen-bond acceptors (Lipinski definition) is 3. The van der Waals surface area contributed by atoms with E-state index in [1.165, 1.54) is 0 Å². The predicted octanol–water partition coefficient (Wildman–Crippen LogP) is 2.46. The van der Waals surface area contributed by atoms with Crippen LogP contribution in [0.4, 0.5) is 0 Å². The maximum atomic E-state index is 10.9. The minimum absolute atomic E-state index is 0.0671. The van der Waals surface area contributed by atoms with Crippen LogP contribution in [-0.2, 0) is 14.9 Å². The lowest BCUT2D eigenvalue weighted by Crippen LogP contribution is -2.23. The van der Waals surface area contributed by atoms with Crippen molar-refractivity contribution in [1.82, 2.24) is 0 Å². The Hall–Kier alpha value is -1.55. The molecule has 4 heteroatoms. The summed E-state index contributed by atoms with van der Waals surface area (Å²) in [7, 11) is 1.61. The Labute approximate surface area is 108 Å². The molecule has 0 aromatic heterocycles. The first kappa shape index (κ1) is 14.5. The van der Waals surface area contributed by atoms with Gasteiger partial charge in [-0.2, -0.15) is 0 Å². The van der Waals surface area contributed by atoms with Crippen molar-refractivity contribution >= 4 is 5.97 Å². The van der Waals surface area contributed by atoms with Crippen LogP contribution in [0.5, 0.6) is 5.75 Å². The zero-order valence-electron chi connectivity index (χ0n) is 11.1. The molecule has 0 unspecified atom stereocenters. The van der Waals surface area contributed by atoms with Gasteiger partial charge in [0.05, 0.1) is 13.0 Å². The molecule has 4 nitrogen and oxygen atoms in total. The zero-order valence-corrected chi connectivity index (χ0v) is 11.1. The van der Waals surface area contributed by atoms with E-state index in [0.29, 0.717) is 13.2 Å². The van der Waals surface area contributed by atoms with Gasteiger partial charge in [0.25, 0.3) is 0 Å². The number of carboxylic acids is 1. The van der Waals surface area contributed by atoms with Gasteiger partial charge in [0.1, 0.15) is 12.4 Å². The van der Waals surface area contributed by atoms with Crippen molar-refractivity contribution in [3.05, 3.63) is 29.8 Å². The van der Waals surface area contributed by atoms with Gasteiger partial charge in [0.2, 0.25) is 0 Å². The fourth-order valence-corrected chi connectivity index (χ4v) is 1.86. The summed E-state index contributed by atoms with van der Waals surface area (Å²) in [5, 5.41) is 8.95. The number of benzene rings is 1. The summed E-state index contributed by atoms with van der Waals surface area (Å²) in [6.07, 6.45) is 0.0671. The van der Waals surface area contributed by atoms with E-state index in [1.54, 1.807) is 7.11 Å². The van der Waals surface area contributed by atoms with Gasteiger partial charge in [0.15, 0.2) is 0 Å². The molecule has 18 heavy (non-hydrogen) atoms. The van der Waals surface area contributed by atoms with E-state index in [-0.39, 0.29) is 6.42 Å². The van der Waals surface area contributed by atoms with Crippen molar-refractivity contribution < 1.29 is 19.4 Å². The largest absolute Gasteiger partial charge is 0.491 e. The van der Waals surface area contributed by atoms with E-state index >= 15 is 0 Å². The molecular formula is C14H20O4. The molecule has 0 bridgehead atoms. The van der Waals surface area contributed by atoms with E-state index in [9.17, 15) is 4.79 Å². The Balaban J connectivity index is 2.89. The molecule has 1 rings (SSSR count). The van der Waals surface area contributed by atoms with Crippen LogP contribution in [0.15, 0.2) is 24.3 Å². The van der Waals surface area contributed by atoms with Crippen LogP contribution in [0.25, 0.3) is 0 Å². The molecule has 100 valence electrons. The standard InChI is InChI=1S/C14H20O4/c1-14(2,10-13(15)16)11-6-4-5-7-12(11)18-9-8-17-3/h4-7H,8-10H2,1-3H3,(H,15,16). The lowest BCUT2D eigenvalue weighted by atomic mass is 9.81. The third-order valence-electron chi connectivity index (χ3n) is 2.75. The maximum absolute atomic E-state index is 10.9. The molecule has 0 heterocycles. The van der Waals surface area contributed by atoms with Crippen LogP contribution in [0.1, 0.15) is 25.8 Å². The SMILES string of the molecule is COCCOc1ccccc1C(C)(C)CC(=O)O. The number of carbonyl (C=O) groups is 1. The van der Waals surface area contributed by atoms with Crippen molar-refractivity contribution in [2.45, 2.75) is 25.7 Å². The number of hydrogen-bond donors (Lipinski definition) is 1. The normalized spacial score (nSPS) is 11.3. The van der Waals surface area contributed by atoms with Crippen molar-refractivity contribution in [2.75, 3.05) is 20.3 Å². The highest BCUT2D eigenvalue weighted by Gasteiger charge is 2.27. The van der Waals surface area contributed by atoms with Gasteiger partial charge in [-0.25, -0.2) is 0 Å². The quantitative estimate of drug-likeness (QED) is 0.757. The Morgan fingerprint density at radius 3 is 2.56 bits per heavy atom. The second kappa shape index (κ2) is 6.40. The average Bonchev–Trinajstić information content (AvgIpc) is 2.28. The van der Waals surface area contributed by atoms with Gasteiger partial charge < -0.3 is 14.6 Å². The third kappa shape index (κ3) is 4.04. The monoisotopic (exact) mass is 252 g/mol. The minimum Gasteiger partial charge on any atom is -0.491 e. The van der Waals surface area contributed by atoms with Crippen LogP contribution in [0.2, 0.25) is 0 Å². The Kier molecular flexibility index (Phi) is 5.16. The molecule has 0 aliphatic carbocycles. The number of para-hydroxylation sites is 1. The fourth-order valence-electron chi connectivity index (χ4n) is 1.86. The van der Waals surface area contributed by atoms with E-state index in [0.717, 1.165) is 11.3 Å². The highest BCUT2D eigenvalue weighted by atomic mass is 16.5. The topological polar surface area (TPSA) is 55.8 Å². The van der Waals surface area contributed by atoms with E-state index in [4.69, 9.17) is 14.6 Å². The maximum Gasteiger partial charge on any atom is 0.304 e. The molecule has 0 atom stereocenters. The van der Waals surface area contributed by atoms with Crippen molar-refractivity contribution in [1.29, 1.82) is 0 Å². The van der Waals surface area contributed by atoms with Gasteiger partial charge in [-0.05, 0) is 6.07 Å². The van der Waals surface area contributed by atoms with E-state index < -0.39 is 11.4 Å². The molecular weight excluding hydrogens is 232 g/mol. The minimum atomic E-state index is -0.813. The van der Waals surface area contributed by atoms with Gasteiger partial charge in [0, 0.05) is 18.1 Å². The number of carboxylic acid groups (broad SMARTS) is 1. The van der Waals surface area contributed by atoms with E-state index in [1.807, 2.05) is 38.1 Å². The second-order valence-corrected chi connectivity index (χ2v) is 4.79. The molecule has 0 fully saturated rings. The summed E-state index contributed by atoms with van der Waals surface area (Å²) in [6.45, 7) is 4.77. The molecule has 1 N–H and O–H groups in total. The first-order valence-corrected chi connectivity index (χ1v) is 5.90. The van der Waals surface area contributed by atoms with Crippen LogP contribution in [0, 0.1) is 0 Å². The summed E-state index contributed by atoms with van der Waals surface area (Å²) in [5.74, 6) is -0.0903. The fraction of sp³-hybridized carbons (Fsp3) is 0.500. The molecule has 0 radical (unpaired) electrons. The zero-order chi connectivity index (χ0) is 13.6. The lowest BCUT2D eigenvalue weighted by Gasteiger charge is -2.25. The second-order valence-electron chi connectivity index (χ2n) is 4.79. The summed E-state index contributed by atoms with van der Waals surface area (Å²) >= 11 is 0. The molecule has 0 aliphatic rings. The Morgan fingerprint density at radius 1 is 1.28 bits per heavy atom. The molecule has 0 aliphatic heterocycles. The average molecular weight is 252 g/mol. The predicted molar refractivity (Wildman–Crippen MR) is 69.1 cm³/mol. The number of aliphatic carboxylic acids is 1. The van der Waals surface area contributed by atoms with Crippen LogP contribution in [0.3, 0.4) is 0 Å². The smallest absolute Gasteiger partial charge is 0.304 e. The molecule has 0 amide bonds. The van der Waals surface area contributed by atoms with Crippen molar-refractivity contribution in [3.63, 3.8) is 0 Å². The summed E-state index contributed by atoms with van der Waals surface area (Å²) < 4.78 is 10.6. The summed E-state index contributed by atoms with van der Waals surface area (Å²) in [5.41, 5.74) is 0.443. The number of rotatable bonds is 7. The Bertz CT molecular complexity index is 399. The van der Waals surface area contributed by atoms with Crippen LogP contribution < -0.4 is 4.74 Å². The molecule has 0 saturated heterocycles. The Morgan fingerprint density at radius 2 is 1.94 bits per heavy atom. The number of methoxy groups -OCH3 is 1.